The van der Waals surface area contributed by atoms with Gasteiger partial charge >= 0.3 is 5.89 Å². The maximum Gasteiger partial charge on any atom is 0.373 e. The van der Waals surface area contributed by atoms with Gasteiger partial charge in [-0.25, -0.2) is 18.6 Å². The van der Waals surface area contributed by atoms with E-state index in [1.165, 1.54) is 11.3 Å². The van der Waals surface area contributed by atoms with E-state index in [1.54, 1.807) is 0 Å². The number of fused-ring (bicyclic) bond motifs is 1. The molecule has 0 bridgehead atoms. The highest BCUT2D eigenvalue weighted by atomic mass is 35.7. The first-order chi connectivity index (χ1) is 12.2. The van der Waals surface area contributed by atoms with E-state index < -0.39 is 10.2 Å². The molecule has 3 aromatic rings. The van der Waals surface area contributed by atoms with Crippen molar-refractivity contribution < 1.29 is 37.9 Å². The van der Waals surface area contributed by atoms with Crippen LogP contribution in [0.25, 0.3) is 23.3 Å². The third-order valence-corrected chi connectivity index (χ3v) is 3.60. The van der Waals surface area contributed by atoms with Crippen LogP contribution in [0.3, 0.4) is 0 Å². The number of para-hydroxylation sites is 3. The van der Waals surface area contributed by atoms with Gasteiger partial charge in [-0.1, -0.05) is 30.3 Å². The molecule has 1 aromatic heterocycles. The lowest BCUT2D eigenvalue weighted by Gasteiger charge is -2.17. The van der Waals surface area contributed by atoms with Crippen molar-refractivity contribution >= 4 is 28.9 Å². The van der Waals surface area contributed by atoms with Gasteiger partial charge in [0.2, 0.25) is 5.58 Å². The van der Waals surface area contributed by atoms with Crippen LogP contribution in [0, 0.1) is 10.2 Å². The second-order valence-electron chi connectivity index (χ2n) is 5.63. The second kappa shape index (κ2) is 8.31. The average molecular weight is 379 g/mol. The minimum absolute atomic E-state index is 0.838. The number of aryl methyl sites for hydroxylation is 1. The molecule has 0 N–H and O–H groups in total. The van der Waals surface area contributed by atoms with E-state index in [9.17, 15) is 0 Å². The highest BCUT2D eigenvalue weighted by Crippen LogP contribution is 2.21. The molecule has 0 aliphatic heterocycles. The molecular weight excluding hydrogens is 360 g/mol. The SMILES string of the molecule is CN(C)c1ccccc1/C=C/c1oc2ccccc2[n+]1C.[O-][Cl+3]([O-])([O-])[O-]. The summed E-state index contributed by atoms with van der Waals surface area (Å²) >= 11 is 0. The minimum Gasteiger partial charge on any atom is -0.398 e. The van der Waals surface area contributed by atoms with Gasteiger partial charge in [0.15, 0.2) is 0 Å². The second-order valence-corrected chi connectivity index (χ2v) is 6.39. The van der Waals surface area contributed by atoms with Crippen LogP contribution in [0.1, 0.15) is 11.5 Å². The number of halogens is 1. The molecule has 0 saturated heterocycles. The lowest BCUT2D eigenvalue weighted by Crippen LogP contribution is -2.68. The van der Waals surface area contributed by atoms with Gasteiger partial charge in [0, 0.05) is 25.8 Å². The number of oxazole rings is 1. The summed E-state index contributed by atoms with van der Waals surface area (Å²) in [6.45, 7) is 0. The first kappa shape index (κ1) is 19.9. The molecule has 0 aliphatic carbocycles. The number of rotatable bonds is 3. The summed E-state index contributed by atoms with van der Waals surface area (Å²) in [6.07, 6.45) is 4.11. The summed E-state index contributed by atoms with van der Waals surface area (Å²) in [5.74, 6) is 0.838. The van der Waals surface area contributed by atoms with E-state index in [4.69, 9.17) is 23.1 Å². The fourth-order valence-electron chi connectivity index (χ4n) is 2.46. The summed E-state index contributed by atoms with van der Waals surface area (Å²) in [7, 11) is 1.17. The van der Waals surface area contributed by atoms with Crippen LogP contribution in [-0.4, -0.2) is 14.1 Å². The van der Waals surface area contributed by atoms with Gasteiger partial charge in [-0.3, -0.25) is 0 Å². The van der Waals surface area contributed by atoms with Crippen LogP contribution in [0.15, 0.2) is 52.9 Å². The largest absolute Gasteiger partial charge is 0.398 e. The quantitative estimate of drug-likeness (QED) is 0.526. The summed E-state index contributed by atoms with van der Waals surface area (Å²) in [6, 6.07) is 16.4. The van der Waals surface area contributed by atoms with E-state index in [0.29, 0.717) is 0 Å². The molecule has 0 aliphatic rings. The molecule has 0 unspecified atom stereocenters. The Morgan fingerprint density at radius 2 is 1.50 bits per heavy atom. The van der Waals surface area contributed by atoms with Gasteiger partial charge in [0.1, 0.15) is 7.05 Å². The fourth-order valence-corrected chi connectivity index (χ4v) is 2.46. The standard InChI is InChI=1S/C18H19N2O.ClHO4/c1-19(2)15-9-5-4-8-14(15)12-13-18-20(3)16-10-6-7-11-17(16)21-18;2-1(3,4)5/h4-13H,1-3H3;(H,2,3,4,5)/q+1;/p-1. The molecule has 1 heterocycles. The Kier molecular flexibility index (Phi) is 6.36. The van der Waals surface area contributed by atoms with Crippen LogP contribution < -0.4 is 28.1 Å². The zero-order valence-electron chi connectivity index (χ0n) is 14.6. The number of aromatic nitrogens is 1. The molecule has 26 heavy (non-hydrogen) atoms. The maximum absolute atomic E-state index is 8.49. The zero-order chi connectivity index (χ0) is 19.3. The predicted molar refractivity (Wildman–Crippen MR) is 87.1 cm³/mol. The first-order valence-corrected chi connectivity index (χ1v) is 8.84. The van der Waals surface area contributed by atoms with E-state index in [-0.39, 0.29) is 0 Å². The van der Waals surface area contributed by atoms with E-state index in [0.717, 1.165) is 17.0 Å². The van der Waals surface area contributed by atoms with Crippen molar-refractivity contribution in [1.82, 2.24) is 0 Å². The maximum atomic E-state index is 8.49. The van der Waals surface area contributed by atoms with Crippen LogP contribution >= 0.6 is 0 Å². The molecule has 0 spiro atoms. The van der Waals surface area contributed by atoms with Crippen LogP contribution in [0.2, 0.25) is 0 Å². The highest BCUT2D eigenvalue weighted by molar-refractivity contribution is 5.76. The van der Waals surface area contributed by atoms with Crippen molar-refractivity contribution in [3.8, 4) is 0 Å². The molecular formula is C18H19ClN2O5. The highest BCUT2D eigenvalue weighted by Gasteiger charge is 2.15. The van der Waals surface area contributed by atoms with Crippen molar-refractivity contribution in [3.63, 3.8) is 0 Å². The lowest BCUT2D eigenvalue weighted by molar-refractivity contribution is -2.00. The van der Waals surface area contributed by atoms with Gasteiger partial charge in [-0.05, 0) is 23.8 Å². The van der Waals surface area contributed by atoms with Gasteiger partial charge < -0.3 is 9.32 Å². The minimum atomic E-state index is -4.94. The topological polar surface area (TPSA) is 112 Å². The third-order valence-electron chi connectivity index (χ3n) is 3.60. The molecule has 7 nitrogen and oxygen atoms in total. The van der Waals surface area contributed by atoms with E-state index >= 15 is 0 Å². The molecule has 0 fully saturated rings. The lowest BCUT2D eigenvalue weighted by atomic mass is 10.1. The van der Waals surface area contributed by atoms with Crippen LogP contribution in [0.5, 0.6) is 0 Å². The Bertz CT molecular complexity index is 894. The van der Waals surface area contributed by atoms with Crippen molar-refractivity contribution in [2.24, 2.45) is 7.05 Å². The Labute approximate surface area is 153 Å². The molecule has 0 atom stereocenters. The average Bonchev–Trinajstić information content (AvgIpc) is 2.88. The van der Waals surface area contributed by atoms with Gasteiger partial charge in [0.05, 0.1) is 6.08 Å². The summed E-state index contributed by atoms with van der Waals surface area (Å²) in [5, 5.41) is 0. The summed E-state index contributed by atoms with van der Waals surface area (Å²) in [5.41, 5.74) is 4.36. The van der Waals surface area contributed by atoms with E-state index in [2.05, 4.69) is 33.7 Å². The number of nitrogens with zero attached hydrogens (tertiary/aromatic N) is 2. The molecule has 0 radical (unpaired) electrons. The predicted octanol–water partition coefficient (Wildman–Crippen LogP) is -1.26. The Balaban J connectivity index is 0.000000431. The van der Waals surface area contributed by atoms with Gasteiger partial charge in [0.25, 0.3) is 5.52 Å². The van der Waals surface area contributed by atoms with Gasteiger partial charge in [-0.15, -0.1) is 10.2 Å². The summed E-state index contributed by atoms with van der Waals surface area (Å²) in [4.78, 5) is 2.11. The van der Waals surface area contributed by atoms with Crippen LogP contribution in [0.4, 0.5) is 5.69 Å². The first-order valence-electron chi connectivity index (χ1n) is 7.60. The number of hydrogen-bond donors (Lipinski definition) is 0. The summed E-state index contributed by atoms with van der Waals surface area (Å²) < 4.78 is 41.9. The Morgan fingerprint density at radius 1 is 0.923 bits per heavy atom. The number of benzene rings is 2. The molecule has 8 heteroatoms. The molecule has 0 saturated carbocycles. The monoisotopic (exact) mass is 378 g/mol. The van der Waals surface area contributed by atoms with Crippen molar-refractivity contribution in [2.75, 3.05) is 19.0 Å². The third kappa shape index (κ3) is 5.55. The van der Waals surface area contributed by atoms with Gasteiger partial charge in [-0.2, -0.15) is 4.57 Å². The molecule has 0 amide bonds. The fraction of sp³-hybridized carbons (Fsp3) is 0.167. The molecule has 3 rings (SSSR count). The van der Waals surface area contributed by atoms with Crippen molar-refractivity contribution in [1.29, 1.82) is 0 Å². The van der Waals surface area contributed by atoms with Crippen LogP contribution in [-0.2, 0) is 7.05 Å². The Morgan fingerprint density at radius 3 is 2.12 bits per heavy atom. The van der Waals surface area contributed by atoms with E-state index in [1.807, 2.05) is 57.6 Å². The normalized spacial score (nSPS) is 11.5. The molecule has 2 aromatic carbocycles. The number of hydrogen-bond acceptors (Lipinski definition) is 6. The zero-order valence-corrected chi connectivity index (χ0v) is 15.3. The Hall–Kier alpha value is -2.42. The van der Waals surface area contributed by atoms with Crippen molar-refractivity contribution in [2.45, 2.75) is 0 Å². The van der Waals surface area contributed by atoms with Crippen molar-refractivity contribution in [3.05, 3.63) is 60.0 Å². The number of anilines is 1. The smallest absolute Gasteiger partial charge is 0.373 e. The molecule has 138 valence electrons.